The number of rotatable bonds is 4. The Morgan fingerprint density at radius 3 is 1.95 bits per heavy atom. The van der Waals surface area contributed by atoms with Gasteiger partial charge in [0.2, 0.25) is 5.91 Å². The van der Waals surface area contributed by atoms with Crippen LogP contribution in [0.4, 0.5) is 0 Å². The van der Waals surface area contributed by atoms with Crippen molar-refractivity contribution < 1.29 is 14.4 Å². The smallest absolute Gasteiger partial charge is 0.262 e. The third-order valence-corrected chi connectivity index (χ3v) is 4.42. The molecule has 1 atom stereocenters. The van der Waals surface area contributed by atoms with E-state index in [1.807, 2.05) is 20.8 Å². The van der Waals surface area contributed by atoms with Crippen LogP contribution in [-0.4, -0.2) is 35.2 Å². The fourth-order valence-electron chi connectivity index (χ4n) is 2.04. The van der Waals surface area contributed by atoms with Crippen molar-refractivity contribution in [2.45, 2.75) is 26.8 Å². The van der Waals surface area contributed by atoms with E-state index in [4.69, 9.17) is 23.2 Å². The minimum absolute atomic E-state index is 0.0495. The van der Waals surface area contributed by atoms with Crippen molar-refractivity contribution in [3.05, 3.63) is 33.3 Å². The lowest BCUT2D eigenvalue weighted by atomic mass is 10.1. The number of hydrogen-bond donors (Lipinski definition) is 1. The SMILES string of the molecule is CC(C)[C@@H](C)NC(=O)CN1C(=O)c2cc(Cl)c(Cl)cc2C1=O. The monoisotopic (exact) mass is 342 g/mol. The largest absolute Gasteiger partial charge is 0.352 e. The summed E-state index contributed by atoms with van der Waals surface area (Å²) in [6.07, 6.45) is 0. The van der Waals surface area contributed by atoms with Gasteiger partial charge in [0, 0.05) is 6.04 Å². The lowest BCUT2D eigenvalue weighted by Gasteiger charge is -2.19. The number of amides is 3. The molecule has 0 bridgehead atoms. The van der Waals surface area contributed by atoms with Crippen molar-refractivity contribution in [2.75, 3.05) is 6.54 Å². The Balaban J connectivity index is 2.17. The quantitative estimate of drug-likeness (QED) is 0.855. The van der Waals surface area contributed by atoms with E-state index < -0.39 is 11.8 Å². The number of halogens is 2. The van der Waals surface area contributed by atoms with Crippen molar-refractivity contribution >= 4 is 40.9 Å². The lowest BCUT2D eigenvalue weighted by molar-refractivity contribution is -0.122. The third kappa shape index (κ3) is 3.10. The molecule has 0 spiro atoms. The van der Waals surface area contributed by atoms with Crippen LogP contribution in [0.15, 0.2) is 12.1 Å². The molecule has 7 heteroatoms. The molecule has 2 rings (SSSR count). The van der Waals surface area contributed by atoms with E-state index in [1.165, 1.54) is 12.1 Å². The Kier molecular flexibility index (Phi) is 4.78. The van der Waals surface area contributed by atoms with Crippen LogP contribution >= 0.6 is 23.2 Å². The van der Waals surface area contributed by atoms with Gasteiger partial charge in [0.05, 0.1) is 21.2 Å². The van der Waals surface area contributed by atoms with Crippen LogP contribution in [0.3, 0.4) is 0 Å². The van der Waals surface area contributed by atoms with Gasteiger partial charge in [-0.2, -0.15) is 0 Å². The highest BCUT2D eigenvalue weighted by Gasteiger charge is 2.37. The van der Waals surface area contributed by atoms with Crippen molar-refractivity contribution in [1.29, 1.82) is 0 Å². The normalized spacial score (nSPS) is 15.3. The number of benzene rings is 1. The maximum Gasteiger partial charge on any atom is 0.262 e. The van der Waals surface area contributed by atoms with Crippen LogP contribution in [-0.2, 0) is 4.79 Å². The molecule has 22 heavy (non-hydrogen) atoms. The second kappa shape index (κ2) is 6.26. The van der Waals surface area contributed by atoms with Gasteiger partial charge in [0.25, 0.3) is 11.8 Å². The molecule has 1 aromatic carbocycles. The number of imide groups is 1. The average molecular weight is 343 g/mol. The molecule has 0 fully saturated rings. The van der Waals surface area contributed by atoms with Crippen LogP contribution in [0.5, 0.6) is 0 Å². The Labute approximate surface area is 138 Å². The van der Waals surface area contributed by atoms with E-state index in [-0.39, 0.29) is 45.6 Å². The molecule has 3 amide bonds. The van der Waals surface area contributed by atoms with Crippen LogP contribution in [0.25, 0.3) is 0 Å². The predicted molar refractivity (Wildman–Crippen MR) is 84.3 cm³/mol. The van der Waals surface area contributed by atoms with Gasteiger partial charge < -0.3 is 5.32 Å². The molecule has 0 saturated heterocycles. The highest BCUT2D eigenvalue weighted by atomic mass is 35.5. The van der Waals surface area contributed by atoms with Crippen molar-refractivity contribution in [1.82, 2.24) is 10.2 Å². The predicted octanol–water partition coefficient (Wildman–Crippen LogP) is 2.75. The maximum atomic E-state index is 12.2. The van der Waals surface area contributed by atoms with Crippen LogP contribution in [0.2, 0.25) is 10.0 Å². The molecule has 0 unspecified atom stereocenters. The zero-order valence-electron chi connectivity index (χ0n) is 12.4. The molecule has 0 radical (unpaired) electrons. The van der Waals surface area contributed by atoms with Crippen molar-refractivity contribution in [2.24, 2.45) is 5.92 Å². The molecular weight excluding hydrogens is 327 g/mol. The van der Waals surface area contributed by atoms with E-state index >= 15 is 0 Å². The van der Waals surface area contributed by atoms with E-state index in [1.54, 1.807) is 0 Å². The second-order valence-corrected chi connectivity index (χ2v) is 6.42. The molecule has 1 heterocycles. The molecule has 118 valence electrons. The molecule has 1 aliphatic heterocycles. The highest BCUT2D eigenvalue weighted by molar-refractivity contribution is 6.43. The number of hydrogen-bond acceptors (Lipinski definition) is 3. The van der Waals surface area contributed by atoms with E-state index in [0.29, 0.717) is 0 Å². The van der Waals surface area contributed by atoms with E-state index in [0.717, 1.165) is 4.90 Å². The summed E-state index contributed by atoms with van der Waals surface area (Å²) in [4.78, 5) is 37.4. The zero-order valence-corrected chi connectivity index (χ0v) is 14.0. The Morgan fingerprint density at radius 1 is 1.09 bits per heavy atom. The fraction of sp³-hybridized carbons (Fsp3) is 0.400. The topological polar surface area (TPSA) is 66.5 Å². The number of nitrogens with one attached hydrogen (secondary N) is 1. The molecule has 5 nitrogen and oxygen atoms in total. The maximum absolute atomic E-state index is 12.2. The van der Waals surface area contributed by atoms with Crippen LogP contribution < -0.4 is 5.32 Å². The van der Waals surface area contributed by atoms with E-state index in [2.05, 4.69) is 5.32 Å². The molecular formula is C15H16Cl2N2O3. The minimum Gasteiger partial charge on any atom is -0.352 e. The first kappa shape index (κ1) is 16.8. The van der Waals surface area contributed by atoms with Gasteiger partial charge in [0.1, 0.15) is 6.54 Å². The molecule has 1 N–H and O–H groups in total. The first-order valence-electron chi connectivity index (χ1n) is 6.87. The fourth-order valence-corrected chi connectivity index (χ4v) is 2.36. The summed E-state index contributed by atoms with van der Waals surface area (Å²) >= 11 is 11.7. The van der Waals surface area contributed by atoms with E-state index in [9.17, 15) is 14.4 Å². The summed E-state index contributed by atoms with van der Waals surface area (Å²) in [7, 11) is 0. The summed E-state index contributed by atoms with van der Waals surface area (Å²) in [5.41, 5.74) is 0.341. The third-order valence-electron chi connectivity index (χ3n) is 3.70. The van der Waals surface area contributed by atoms with Crippen molar-refractivity contribution in [3.63, 3.8) is 0 Å². The minimum atomic E-state index is -0.536. The Morgan fingerprint density at radius 2 is 1.55 bits per heavy atom. The number of carbonyl (C=O) groups excluding carboxylic acids is 3. The van der Waals surface area contributed by atoms with Gasteiger partial charge in [-0.15, -0.1) is 0 Å². The summed E-state index contributed by atoms with van der Waals surface area (Å²) in [5.74, 6) is -1.20. The van der Waals surface area contributed by atoms with Gasteiger partial charge >= 0.3 is 0 Å². The molecule has 1 aliphatic rings. The summed E-state index contributed by atoms with van der Waals surface area (Å²) < 4.78 is 0. The van der Waals surface area contributed by atoms with Gasteiger partial charge in [0.15, 0.2) is 0 Å². The molecule has 1 aromatic rings. The standard InChI is InChI=1S/C15H16Cl2N2O3/c1-7(2)8(3)18-13(20)6-19-14(21)9-4-11(16)12(17)5-10(9)15(19)22/h4-5,7-8H,6H2,1-3H3,(H,18,20)/t8-/m1/s1. The lowest BCUT2D eigenvalue weighted by Crippen LogP contribution is -2.44. The molecule has 0 aromatic heterocycles. The zero-order chi connectivity index (χ0) is 16.6. The summed E-state index contributed by atoms with van der Waals surface area (Å²) in [5, 5.41) is 3.15. The first-order chi connectivity index (χ1) is 10.2. The second-order valence-electron chi connectivity index (χ2n) is 5.61. The Bertz CT molecular complexity index is 617. The average Bonchev–Trinajstić information content (AvgIpc) is 2.64. The Hall–Kier alpha value is -1.59. The first-order valence-corrected chi connectivity index (χ1v) is 7.62. The highest BCUT2D eigenvalue weighted by Crippen LogP contribution is 2.31. The van der Waals surface area contributed by atoms with Crippen molar-refractivity contribution in [3.8, 4) is 0 Å². The van der Waals surface area contributed by atoms with Gasteiger partial charge in [-0.1, -0.05) is 37.0 Å². The summed E-state index contributed by atoms with van der Waals surface area (Å²) in [6, 6.07) is 2.66. The number of nitrogens with zero attached hydrogens (tertiary/aromatic N) is 1. The van der Waals surface area contributed by atoms with Gasteiger partial charge in [-0.05, 0) is 25.0 Å². The van der Waals surface area contributed by atoms with Crippen LogP contribution in [0, 0.1) is 5.92 Å². The summed E-state index contributed by atoms with van der Waals surface area (Å²) in [6.45, 7) is 5.48. The van der Waals surface area contributed by atoms with Gasteiger partial charge in [-0.3, -0.25) is 19.3 Å². The molecule has 0 aliphatic carbocycles. The number of fused-ring (bicyclic) bond motifs is 1. The van der Waals surface area contributed by atoms with Gasteiger partial charge in [-0.25, -0.2) is 0 Å². The number of carbonyl (C=O) groups is 3. The van der Waals surface area contributed by atoms with Crippen LogP contribution in [0.1, 0.15) is 41.5 Å². The molecule has 0 saturated carbocycles.